The molecule has 3 N–H and O–H groups in total. The number of aliphatic carboxylic acids is 1. The molecule has 0 aliphatic heterocycles. The van der Waals surface area contributed by atoms with Crippen molar-refractivity contribution in [1.82, 2.24) is 5.32 Å². The third-order valence-corrected chi connectivity index (χ3v) is 3.20. The molecule has 7 heteroatoms. The number of nitrogens with one attached hydrogen (secondary N) is 1. The maximum Gasteiger partial charge on any atom is 0.334 e. The van der Waals surface area contributed by atoms with Crippen LogP contribution in [0, 0.1) is 5.82 Å². The Morgan fingerprint density at radius 1 is 1.32 bits per heavy atom. The van der Waals surface area contributed by atoms with Gasteiger partial charge in [-0.15, -0.1) is 11.8 Å². The van der Waals surface area contributed by atoms with Gasteiger partial charge in [0.2, 0.25) is 5.91 Å². The second kappa shape index (κ2) is 7.75. The van der Waals surface area contributed by atoms with Crippen LogP contribution < -0.4 is 5.32 Å². The summed E-state index contributed by atoms with van der Waals surface area (Å²) in [5, 5.41) is 19.7. The lowest BCUT2D eigenvalue weighted by molar-refractivity contribution is -0.146. The van der Waals surface area contributed by atoms with Crippen LogP contribution in [0.25, 0.3) is 0 Å². The first-order chi connectivity index (χ1) is 8.99. The van der Waals surface area contributed by atoms with Gasteiger partial charge in [-0.1, -0.05) is 12.1 Å². The van der Waals surface area contributed by atoms with Gasteiger partial charge in [-0.25, -0.2) is 9.18 Å². The third kappa shape index (κ3) is 6.21. The van der Waals surface area contributed by atoms with Crippen LogP contribution in [0.1, 0.15) is 5.56 Å². The van der Waals surface area contributed by atoms with Gasteiger partial charge in [0.15, 0.2) is 6.10 Å². The van der Waals surface area contributed by atoms with Crippen molar-refractivity contribution in [3.8, 4) is 0 Å². The lowest BCUT2D eigenvalue weighted by Gasteiger charge is -2.07. The first-order valence-electron chi connectivity index (χ1n) is 5.49. The first kappa shape index (κ1) is 15.5. The van der Waals surface area contributed by atoms with E-state index in [0.717, 1.165) is 5.56 Å². The molecule has 0 unspecified atom stereocenters. The fourth-order valence-corrected chi connectivity index (χ4v) is 2.01. The molecule has 0 heterocycles. The SMILES string of the molecule is O=C(CSCc1ccc(F)cc1)NC[C@H](O)C(=O)O. The summed E-state index contributed by atoms with van der Waals surface area (Å²) in [4.78, 5) is 21.6. The highest BCUT2D eigenvalue weighted by Crippen LogP contribution is 2.12. The number of thioether (sulfide) groups is 1. The highest BCUT2D eigenvalue weighted by atomic mass is 32.2. The van der Waals surface area contributed by atoms with Gasteiger partial charge >= 0.3 is 5.97 Å². The van der Waals surface area contributed by atoms with E-state index in [-0.39, 0.29) is 24.0 Å². The Morgan fingerprint density at radius 2 is 1.95 bits per heavy atom. The van der Waals surface area contributed by atoms with Gasteiger partial charge in [0.05, 0.1) is 12.3 Å². The normalized spacial score (nSPS) is 11.9. The molecule has 0 saturated carbocycles. The predicted octanol–water partition coefficient (Wildman–Crippen LogP) is 0.621. The van der Waals surface area contributed by atoms with E-state index >= 15 is 0 Å². The summed E-state index contributed by atoms with van der Waals surface area (Å²) < 4.78 is 12.6. The fraction of sp³-hybridized carbons (Fsp3) is 0.333. The summed E-state index contributed by atoms with van der Waals surface area (Å²) >= 11 is 1.32. The Labute approximate surface area is 113 Å². The van der Waals surface area contributed by atoms with E-state index < -0.39 is 12.1 Å². The molecule has 0 aliphatic rings. The van der Waals surface area contributed by atoms with Gasteiger partial charge in [0.25, 0.3) is 0 Å². The average Bonchev–Trinajstić information content (AvgIpc) is 2.38. The molecular formula is C12H14FNO4S. The van der Waals surface area contributed by atoms with Crippen molar-refractivity contribution in [2.75, 3.05) is 12.3 Å². The summed E-state index contributed by atoms with van der Waals surface area (Å²) in [7, 11) is 0. The third-order valence-electron chi connectivity index (χ3n) is 2.19. The number of halogens is 1. The van der Waals surface area contributed by atoms with Crippen LogP contribution >= 0.6 is 11.8 Å². The summed E-state index contributed by atoms with van der Waals surface area (Å²) in [6.45, 7) is -0.314. The lowest BCUT2D eigenvalue weighted by atomic mass is 10.2. The van der Waals surface area contributed by atoms with Crippen LogP contribution in [0.4, 0.5) is 4.39 Å². The molecule has 5 nitrogen and oxygen atoms in total. The van der Waals surface area contributed by atoms with E-state index in [0.29, 0.717) is 5.75 Å². The Morgan fingerprint density at radius 3 is 2.53 bits per heavy atom. The maximum absolute atomic E-state index is 12.6. The number of amides is 1. The summed E-state index contributed by atoms with van der Waals surface area (Å²) in [6.07, 6.45) is -1.59. The highest BCUT2D eigenvalue weighted by molar-refractivity contribution is 7.99. The molecule has 104 valence electrons. The molecule has 0 fully saturated rings. The van der Waals surface area contributed by atoms with E-state index in [1.807, 2.05) is 0 Å². The van der Waals surface area contributed by atoms with Gasteiger partial charge in [0.1, 0.15) is 5.82 Å². The monoisotopic (exact) mass is 287 g/mol. The minimum atomic E-state index is -1.59. The second-order valence-electron chi connectivity index (χ2n) is 3.78. The molecule has 1 aromatic carbocycles. The Balaban J connectivity index is 2.20. The molecule has 0 aliphatic carbocycles. The van der Waals surface area contributed by atoms with Gasteiger partial charge in [-0.2, -0.15) is 0 Å². The molecule has 1 aromatic rings. The quantitative estimate of drug-likeness (QED) is 0.684. The Hall–Kier alpha value is -1.60. The maximum atomic E-state index is 12.6. The van der Waals surface area contributed by atoms with Crippen molar-refractivity contribution in [1.29, 1.82) is 0 Å². The van der Waals surface area contributed by atoms with Gasteiger partial charge < -0.3 is 15.5 Å². The van der Waals surface area contributed by atoms with Crippen LogP contribution in [0.3, 0.4) is 0 Å². The Kier molecular flexibility index (Phi) is 6.31. The zero-order valence-corrected chi connectivity index (χ0v) is 10.8. The molecule has 19 heavy (non-hydrogen) atoms. The standard InChI is InChI=1S/C12H14FNO4S/c13-9-3-1-8(2-4-9)6-19-7-11(16)14-5-10(15)12(17)18/h1-4,10,15H,5-7H2,(H,14,16)(H,17,18)/t10-/m0/s1. The van der Waals surface area contributed by atoms with E-state index in [1.54, 1.807) is 12.1 Å². The molecule has 0 bridgehead atoms. The number of aliphatic hydroxyl groups is 1. The molecule has 0 radical (unpaired) electrons. The summed E-state index contributed by atoms with van der Waals surface area (Å²) in [6, 6.07) is 5.96. The zero-order valence-electron chi connectivity index (χ0n) is 10.0. The Bertz CT molecular complexity index is 438. The minimum Gasteiger partial charge on any atom is -0.479 e. The van der Waals surface area contributed by atoms with Crippen LogP contribution in [0.15, 0.2) is 24.3 Å². The van der Waals surface area contributed by atoms with E-state index in [4.69, 9.17) is 10.2 Å². The van der Waals surface area contributed by atoms with Crippen molar-refractivity contribution in [3.05, 3.63) is 35.6 Å². The topological polar surface area (TPSA) is 86.6 Å². The van der Waals surface area contributed by atoms with Crippen molar-refractivity contribution in [3.63, 3.8) is 0 Å². The van der Waals surface area contributed by atoms with Crippen LogP contribution in [-0.4, -0.2) is 40.5 Å². The smallest absolute Gasteiger partial charge is 0.334 e. The molecule has 0 aromatic heterocycles. The molecule has 1 atom stereocenters. The largest absolute Gasteiger partial charge is 0.479 e. The molecule has 0 spiro atoms. The number of carboxylic acids is 1. The number of aliphatic hydroxyl groups excluding tert-OH is 1. The van der Waals surface area contributed by atoms with Crippen LogP contribution in [0.2, 0.25) is 0 Å². The number of carboxylic acid groups (broad SMARTS) is 1. The fourth-order valence-electron chi connectivity index (χ4n) is 1.19. The van der Waals surface area contributed by atoms with Gasteiger partial charge in [-0.05, 0) is 17.7 Å². The zero-order chi connectivity index (χ0) is 14.3. The molecule has 1 amide bonds. The van der Waals surface area contributed by atoms with Crippen molar-refractivity contribution < 1.29 is 24.2 Å². The number of rotatable bonds is 7. The van der Waals surface area contributed by atoms with Crippen molar-refractivity contribution in [2.45, 2.75) is 11.9 Å². The predicted molar refractivity (Wildman–Crippen MR) is 69.2 cm³/mol. The second-order valence-corrected chi connectivity index (χ2v) is 4.76. The number of hydrogen-bond acceptors (Lipinski definition) is 4. The van der Waals surface area contributed by atoms with Gasteiger partial charge in [0, 0.05) is 5.75 Å². The first-order valence-corrected chi connectivity index (χ1v) is 6.64. The minimum absolute atomic E-state index is 0.143. The van der Waals surface area contributed by atoms with Crippen molar-refractivity contribution >= 4 is 23.6 Å². The number of benzene rings is 1. The van der Waals surface area contributed by atoms with Crippen molar-refractivity contribution in [2.24, 2.45) is 0 Å². The van der Waals surface area contributed by atoms with E-state index in [1.165, 1.54) is 23.9 Å². The summed E-state index contributed by atoms with van der Waals surface area (Å²) in [5.41, 5.74) is 0.893. The molecular weight excluding hydrogens is 273 g/mol. The van der Waals surface area contributed by atoms with Crippen LogP contribution in [-0.2, 0) is 15.3 Å². The number of hydrogen-bond donors (Lipinski definition) is 3. The summed E-state index contributed by atoms with van der Waals surface area (Å²) in [5.74, 6) is -1.35. The number of carbonyl (C=O) groups is 2. The average molecular weight is 287 g/mol. The van der Waals surface area contributed by atoms with E-state index in [2.05, 4.69) is 5.32 Å². The molecule has 1 rings (SSSR count). The van der Waals surface area contributed by atoms with E-state index in [9.17, 15) is 14.0 Å². The van der Waals surface area contributed by atoms with Crippen LogP contribution in [0.5, 0.6) is 0 Å². The van der Waals surface area contributed by atoms with Gasteiger partial charge in [-0.3, -0.25) is 4.79 Å². The highest BCUT2D eigenvalue weighted by Gasteiger charge is 2.13. The molecule has 0 saturated heterocycles. The number of carbonyl (C=O) groups excluding carboxylic acids is 1. The lowest BCUT2D eigenvalue weighted by Crippen LogP contribution is -2.37.